The van der Waals surface area contributed by atoms with E-state index in [1.807, 2.05) is 0 Å². The van der Waals surface area contributed by atoms with Gasteiger partial charge in [-0.05, 0) is 17.7 Å². The van der Waals surface area contributed by atoms with Crippen molar-refractivity contribution in [1.29, 1.82) is 0 Å². The third-order valence-electron chi connectivity index (χ3n) is 2.45. The van der Waals surface area contributed by atoms with Crippen molar-refractivity contribution in [3.8, 4) is 5.75 Å². The largest absolute Gasteiger partial charge is 0.492 e. The molecule has 106 valence electrons. The molecule has 0 saturated heterocycles. The Labute approximate surface area is 108 Å². The van der Waals surface area contributed by atoms with Crippen LogP contribution in [0, 0.1) is 0 Å². The summed E-state index contributed by atoms with van der Waals surface area (Å²) in [7, 11) is 1.44. The monoisotopic (exact) mass is 276 g/mol. The van der Waals surface area contributed by atoms with Gasteiger partial charge >= 0.3 is 6.18 Å². The first-order valence-corrected chi connectivity index (χ1v) is 5.62. The molecule has 0 fully saturated rings. The summed E-state index contributed by atoms with van der Waals surface area (Å²) in [5.41, 5.74) is 4.79. The Balaban J connectivity index is 2.85. The SMILES string of the molecule is CNC(=O)CCOc1ccc(CN)cc1C(F)(F)F. The number of ether oxygens (including phenoxy) is 1. The highest BCUT2D eigenvalue weighted by molar-refractivity contribution is 5.75. The maximum atomic E-state index is 12.8. The molecule has 1 aromatic rings. The Morgan fingerprint density at radius 1 is 1.42 bits per heavy atom. The van der Waals surface area contributed by atoms with Gasteiger partial charge in [0.1, 0.15) is 5.75 Å². The number of hydrogen-bond donors (Lipinski definition) is 2. The summed E-state index contributed by atoms with van der Waals surface area (Å²) in [5.74, 6) is -0.597. The standard InChI is InChI=1S/C12H15F3N2O2/c1-17-11(18)4-5-19-10-3-2-8(7-16)6-9(10)12(13,14)15/h2-3,6H,4-5,7,16H2,1H3,(H,17,18). The van der Waals surface area contributed by atoms with Crippen LogP contribution in [-0.4, -0.2) is 19.6 Å². The average molecular weight is 276 g/mol. The van der Waals surface area contributed by atoms with Gasteiger partial charge in [-0.3, -0.25) is 4.79 Å². The van der Waals surface area contributed by atoms with Crippen molar-refractivity contribution in [2.24, 2.45) is 5.73 Å². The summed E-state index contributed by atoms with van der Waals surface area (Å²) in [6.07, 6.45) is -4.53. The third-order valence-corrected chi connectivity index (χ3v) is 2.45. The van der Waals surface area contributed by atoms with Crippen LogP contribution in [0.1, 0.15) is 17.5 Å². The van der Waals surface area contributed by atoms with Crippen LogP contribution in [0.2, 0.25) is 0 Å². The van der Waals surface area contributed by atoms with Crippen LogP contribution < -0.4 is 15.8 Å². The van der Waals surface area contributed by atoms with Gasteiger partial charge in [-0.15, -0.1) is 0 Å². The van der Waals surface area contributed by atoms with E-state index < -0.39 is 11.7 Å². The van der Waals surface area contributed by atoms with Gasteiger partial charge in [0.25, 0.3) is 0 Å². The molecule has 0 aliphatic rings. The van der Waals surface area contributed by atoms with E-state index in [0.717, 1.165) is 6.07 Å². The third kappa shape index (κ3) is 4.44. The van der Waals surface area contributed by atoms with E-state index >= 15 is 0 Å². The van der Waals surface area contributed by atoms with E-state index in [1.165, 1.54) is 19.2 Å². The Morgan fingerprint density at radius 2 is 2.11 bits per heavy atom. The van der Waals surface area contributed by atoms with E-state index in [0.29, 0.717) is 5.56 Å². The molecule has 3 N–H and O–H groups in total. The van der Waals surface area contributed by atoms with Crippen LogP contribution in [0.4, 0.5) is 13.2 Å². The summed E-state index contributed by atoms with van der Waals surface area (Å²) >= 11 is 0. The summed E-state index contributed by atoms with van der Waals surface area (Å²) in [5, 5.41) is 2.36. The van der Waals surface area contributed by atoms with Crippen LogP contribution in [0.5, 0.6) is 5.75 Å². The lowest BCUT2D eigenvalue weighted by Gasteiger charge is -2.14. The van der Waals surface area contributed by atoms with E-state index in [4.69, 9.17) is 10.5 Å². The minimum atomic E-state index is -4.52. The smallest absolute Gasteiger partial charge is 0.419 e. The first-order chi connectivity index (χ1) is 8.88. The van der Waals surface area contributed by atoms with E-state index in [9.17, 15) is 18.0 Å². The first kappa shape index (κ1) is 15.3. The van der Waals surface area contributed by atoms with Crippen LogP contribution in [0.3, 0.4) is 0 Å². The molecule has 0 atom stereocenters. The van der Waals surface area contributed by atoms with Gasteiger partial charge in [0.15, 0.2) is 0 Å². The zero-order valence-corrected chi connectivity index (χ0v) is 10.4. The molecule has 1 amide bonds. The number of amides is 1. The van der Waals surface area contributed by atoms with Crippen molar-refractivity contribution in [3.63, 3.8) is 0 Å². The Hall–Kier alpha value is -1.76. The Morgan fingerprint density at radius 3 is 2.63 bits per heavy atom. The van der Waals surface area contributed by atoms with Gasteiger partial charge in [-0.25, -0.2) is 0 Å². The molecule has 0 aliphatic carbocycles. The van der Waals surface area contributed by atoms with Gasteiger partial charge in [-0.1, -0.05) is 6.07 Å². The van der Waals surface area contributed by atoms with Crippen LogP contribution in [0.15, 0.2) is 18.2 Å². The second-order valence-electron chi connectivity index (χ2n) is 3.80. The molecule has 1 aromatic carbocycles. The van der Waals surface area contributed by atoms with E-state index in [-0.39, 0.29) is 31.2 Å². The number of nitrogens with one attached hydrogen (secondary N) is 1. The number of benzene rings is 1. The van der Waals surface area contributed by atoms with Crippen molar-refractivity contribution >= 4 is 5.91 Å². The molecule has 0 radical (unpaired) electrons. The summed E-state index contributed by atoms with van der Waals surface area (Å²) in [6, 6.07) is 3.63. The summed E-state index contributed by atoms with van der Waals surface area (Å²) in [4.78, 5) is 11.0. The molecule has 0 saturated carbocycles. The van der Waals surface area contributed by atoms with Gasteiger partial charge < -0.3 is 15.8 Å². The number of halogens is 3. The Bertz CT molecular complexity index is 447. The van der Waals surface area contributed by atoms with Gasteiger partial charge in [0.05, 0.1) is 18.6 Å². The second kappa shape index (κ2) is 6.42. The molecule has 19 heavy (non-hydrogen) atoms. The minimum Gasteiger partial charge on any atom is -0.492 e. The molecule has 4 nitrogen and oxygen atoms in total. The van der Waals surface area contributed by atoms with Crippen LogP contribution in [-0.2, 0) is 17.5 Å². The number of carbonyl (C=O) groups excluding carboxylic acids is 1. The predicted molar refractivity (Wildman–Crippen MR) is 63.5 cm³/mol. The van der Waals surface area contributed by atoms with Crippen LogP contribution in [0.25, 0.3) is 0 Å². The van der Waals surface area contributed by atoms with Gasteiger partial charge in [-0.2, -0.15) is 13.2 Å². The highest BCUT2D eigenvalue weighted by atomic mass is 19.4. The topological polar surface area (TPSA) is 64.3 Å². The van der Waals surface area contributed by atoms with Crippen molar-refractivity contribution in [1.82, 2.24) is 5.32 Å². The predicted octanol–water partition coefficient (Wildman–Crippen LogP) is 1.68. The average Bonchev–Trinajstić information content (AvgIpc) is 2.37. The highest BCUT2D eigenvalue weighted by Gasteiger charge is 2.34. The zero-order valence-electron chi connectivity index (χ0n) is 10.4. The minimum absolute atomic E-state index is 0.00750. The molecule has 7 heteroatoms. The maximum absolute atomic E-state index is 12.8. The number of carbonyl (C=O) groups is 1. The fourth-order valence-corrected chi connectivity index (χ4v) is 1.43. The second-order valence-corrected chi connectivity index (χ2v) is 3.80. The molecule has 0 spiro atoms. The normalized spacial score (nSPS) is 11.2. The van der Waals surface area contributed by atoms with Gasteiger partial charge in [0, 0.05) is 13.6 Å². The molecule has 0 bridgehead atoms. The van der Waals surface area contributed by atoms with Crippen LogP contribution >= 0.6 is 0 Å². The lowest BCUT2D eigenvalue weighted by molar-refractivity contribution is -0.139. The summed E-state index contributed by atoms with van der Waals surface area (Å²) in [6.45, 7) is -0.105. The van der Waals surface area contributed by atoms with Crippen molar-refractivity contribution in [3.05, 3.63) is 29.3 Å². The van der Waals surface area contributed by atoms with Crippen molar-refractivity contribution in [2.75, 3.05) is 13.7 Å². The lowest BCUT2D eigenvalue weighted by Crippen LogP contribution is -2.20. The molecule has 1 rings (SSSR count). The van der Waals surface area contributed by atoms with Crippen molar-refractivity contribution in [2.45, 2.75) is 19.1 Å². The number of alkyl halides is 3. The quantitative estimate of drug-likeness (QED) is 0.860. The fourth-order valence-electron chi connectivity index (χ4n) is 1.43. The molecular weight excluding hydrogens is 261 g/mol. The summed E-state index contributed by atoms with van der Waals surface area (Å²) < 4.78 is 43.5. The maximum Gasteiger partial charge on any atom is 0.419 e. The first-order valence-electron chi connectivity index (χ1n) is 5.62. The Kier molecular flexibility index (Phi) is 5.17. The van der Waals surface area contributed by atoms with Crippen molar-refractivity contribution < 1.29 is 22.7 Å². The lowest BCUT2D eigenvalue weighted by atomic mass is 10.1. The fraction of sp³-hybridized carbons (Fsp3) is 0.417. The molecule has 0 heterocycles. The molecule has 0 unspecified atom stereocenters. The van der Waals surface area contributed by atoms with E-state index in [1.54, 1.807) is 0 Å². The highest BCUT2D eigenvalue weighted by Crippen LogP contribution is 2.36. The van der Waals surface area contributed by atoms with Gasteiger partial charge in [0.2, 0.25) is 5.91 Å². The number of hydrogen-bond acceptors (Lipinski definition) is 3. The molecular formula is C12H15F3N2O2. The molecule has 0 aliphatic heterocycles. The van der Waals surface area contributed by atoms with E-state index in [2.05, 4.69) is 5.32 Å². The number of nitrogens with two attached hydrogens (primary N) is 1. The number of rotatable bonds is 5. The molecule has 0 aromatic heterocycles. The zero-order chi connectivity index (χ0) is 14.5.